The van der Waals surface area contributed by atoms with Crippen LogP contribution in [-0.4, -0.2) is 55.2 Å². The molecule has 0 amide bonds. The van der Waals surface area contributed by atoms with E-state index in [1.165, 1.54) is 6.08 Å². The van der Waals surface area contributed by atoms with Crippen molar-refractivity contribution in [3.8, 4) is 0 Å². The summed E-state index contributed by atoms with van der Waals surface area (Å²) in [6.07, 6.45) is 6.54. The van der Waals surface area contributed by atoms with Crippen molar-refractivity contribution in [2.24, 2.45) is 0 Å². The van der Waals surface area contributed by atoms with Crippen LogP contribution in [0.3, 0.4) is 0 Å². The smallest absolute Gasteiger partial charge is 0.330 e. The Morgan fingerprint density at radius 3 is 3.05 bits per heavy atom. The van der Waals surface area contributed by atoms with Crippen LogP contribution in [-0.2, 0) is 9.53 Å². The molecule has 1 saturated heterocycles. The number of ether oxygens (including phenoxy) is 1. The molecule has 0 spiro atoms. The van der Waals surface area contributed by atoms with Crippen LogP contribution in [0.2, 0.25) is 0 Å². The number of nitrogens with one attached hydrogen (secondary N) is 1. The Hall–Kier alpha value is -1.72. The highest BCUT2D eigenvalue weighted by Crippen LogP contribution is 1.99. The number of carbonyl (C=O) groups excluding carboxylic acids is 1. The summed E-state index contributed by atoms with van der Waals surface area (Å²) in [6.45, 7) is 5.29. The Bertz CT molecular complexity index is 414. The van der Waals surface area contributed by atoms with Crippen molar-refractivity contribution >= 4 is 12.0 Å². The predicted molar refractivity (Wildman–Crippen MR) is 73.5 cm³/mol. The van der Waals surface area contributed by atoms with Gasteiger partial charge >= 0.3 is 5.97 Å². The minimum Gasteiger partial charge on any atom is -0.461 e. The minimum atomic E-state index is -0.306. The van der Waals surface area contributed by atoms with Gasteiger partial charge in [0.05, 0.1) is 0 Å². The Morgan fingerprint density at radius 1 is 1.47 bits per heavy atom. The van der Waals surface area contributed by atoms with Gasteiger partial charge in [-0.05, 0) is 17.7 Å². The molecule has 0 saturated carbocycles. The molecule has 0 radical (unpaired) electrons. The molecular formula is C14H19N3O2. The fourth-order valence-corrected chi connectivity index (χ4v) is 1.90. The Labute approximate surface area is 113 Å². The fraction of sp³-hybridized carbons (Fsp3) is 0.429. The zero-order chi connectivity index (χ0) is 13.3. The fourth-order valence-electron chi connectivity index (χ4n) is 1.90. The molecule has 1 fully saturated rings. The predicted octanol–water partition coefficient (Wildman–Crippen LogP) is 0.543. The first-order chi connectivity index (χ1) is 9.34. The molecule has 5 heteroatoms. The zero-order valence-corrected chi connectivity index (χ0v) is 10.9. The van der Waals surface area contributed by atoms with E-state index in [0.29, 0.717) is 6.61 Å². The van der Waals surface area contributed by atoms with Crippen LogP contribution in [0.4, 0.5) is 0 Å². The number of pyridine rings is 1. The molecule has 0 aliphatic carbocycles. The van der Waals surface area contributed by atoms with Gasteiger partial charge in [-0.3, -0.25) is 9.88 Å². The van der Waals surface area contributed by atoms with E-state index in [-0.39, 0.29) is 5.97 Å². The summed E-state index contributed by atoms with van der Waals surface area (Å²) in [5.41, 5.74) is 0.890. The van der Waals surface area contributed by atoms with Gasteiger partial charge in [0.1, 0.15) is 6.61 Å². The number of hydrogen-bond acceptors (Lipinski definition) is 5. The second-order valence-electron chi connectivity index (χ2n) is 4.38. The molecule has 2 rings (SSSR count). The van der Waals surface area contributed by atoms with Gasteiger partial charge in [0, 0.05) is 51.2 Å². The Kier molecular flexibility index (Phi) is 5.52. The maximum atomic E-state index is 11.5. The van der Waals surface area contributed by atoms with Crippen LogP contribution >= 0.6 is 0 Å². The van der Waals surface area contributed by atoms with Gasteiger partial charge in [-0.1, -0.05) is 6.07 Å². The van der Waals surface area contributed by atoms with E-state index in [4.69, 9.17) is 4.74 Å². The number of esters is 1. The summed E-state index contributed by atoms with van der Waals surface area (Å²) in [6, 6.07) is 3.72. The summed E-state index contributed by atoms with van der Waals surface area (Å²) in [7, 11) is 0. The van der Waals surface area contributed by atoms with Gasteiger partial charge in [0.2, 0.25) is 0 Å². The lowest BCUT2D eigenvalue weighted by Gasteiger charge is -2.26. The van der Waals surface area contributed by atoms with Crippen molar-refractivity contribution in [1.29, 1.82) is 0 Å². The van der Waals surface area contributed by atoms with Gasteiger partial charge < -0.3 is 10.1 Å². The lowest BCUT2D eigenvalue weighted by molar-refractivity contribution is -0.138. The molecule has 5 nitrogen and oxygen atoms in total. The molecule has 1 aromatic rings. The number of nitrogens with zero attached hydrogens (tertiary/aromatic N) is 2. The SMILES string of the molecule is O=C(/C=C/c1cccnc1)OCCN1CCNCC1. The molecule has 102 valence electrons. The number of carbonyl (C=O) groups is 1. The van der Waals surface area contributed by atoms with Crippen LogP contribution in [0.5, 0.6) is 0 Å². The van der Waals surface area contributed by atoms with E-state index >= 15 is 0 Å². The van der Waals surface area contributed by atoms with Crippen LogP contribution in [0.1, 0.15) is 5.56 Å². The van der Waals surface area contributed by atoms with Crippen molar-refractivity contribution < 1.29 is 9.53 Å². The second kappa shape index (κ2) is 7.66. The van der Waals surface area contributed by atoms with E-state index in [1.807, 2.05) is 12.1 Å². The molecule has 0 unspecified atom stereocenters. The van der Waals surface area contributed by atoms with Crippen molar-refractivity contribution in [3.63, 3.8) is 0 Å². The number of hydrogen-bond donors (Lipinski definition) is 1. The maximum Gasteiger partial charge on any atom is 0.330 e. The normalized spacial score (nSPS) is 16.6. The van der Waals surface area contributed by atoms with Crippen LogP contribution in [0, 0.1) is 0 Å². The van der Waals surface area contributed by atoms with Gasteiger partial charge in [-0.25, -0.2) is 4.79 Å². The molecule has 0 bridgehead atoms. The van der Waals surface area contributed by atoms with E-state index in [0.717, 1.165) is 38.3 Å². The van der Waals surface area contributed by atoms with E-state index in [9.17, 15) is 4.79 Å². The monoisotopic (exact) mass is 261 g/mol. The lowest BCUT2D eigenvalue weighted by atomic mass is 10.2. The molecule has 19 heavy (non-hydrogen) atoms. The summed E-state index contributed by atoms with van der Waals surface area (Å²) in [5, 5.41) is 3.29. The molecular weight excluding hydrogens is 242 g/mol. The van der Waals surface area contributed by atoms with Crippen molar-refractivity contribution in [3.05, 3.63) is 36.2 Å². The van der Waals surface area contributed by atoms with Crippen molar-refractivity contribution in [2.45, 2.75) is 0 Å². The quantitative estimate of drug-likeness (QED) is 0.619. The topological polar surface area (TPSA) is 54.5 Å². The average Bonchev–Trinajstić information content (AvgIpc) is 2.47. The first kappa shape index (κ1) is 13.7. The molecule has 1 aromatic heterocycles. The Morgan fingerprint density at radius 2 is 2.32 bits per heavy atom. The summed E-state index contributed by atoms with van der Waals surface area (Å²) in [5.74, 6) is -0.306. The van der Waals surface area contributed by atoms with Gasteiger partial charge in [-0.2, -0.15) is 0 Å². The van der Waals surface area contributed by atoms with E-state index < -0.39 is 0 Å². The Balaban J connectivity index is 1.65. The second-order valence-corrected chi connectivity index (χ2v) is 4.38. The summed E-state index contributed by atoms with van der Waals surface area (Å²) >= 11 is 0. The molecule has 1 aliphatic heterocycles. The number of rotatable bonds is 5. The highest BCUT2D eigenvalue weighted by atomic mass is 16.5. The first-order valence-corrected chi connectivity index (χ1v) is 6.52. The van der Waals surface area contributed by atoms with Gasteiger partial charge in [0.25, 0.3) is 0 Å². The molecule has 1 aliphatic rings. The standard InChI is InChI=1S/C14H19N3O2/c18-14(4-3-13-2-1-5-16-12-13)19-11-10-17-8-6-15-7-9-17/h1-5,12,15H,6-11H2/b4-3+. The van der Waals surface area contributed by atoms with Gasteiger partial charge in [0.15, 0.2) is 0 Å². The van der Waals surface area contributed by atoms with Crippen LogP contribution in [0.15, 0.2) is 30.6 Å². The third-order valence-electron chi connectivity index (χ3n) is 2.96. The third kappa shape index (κ3) is 5.19. The largest absolute Gasteiger partial charge is 0.461 e. The van der Waals surface area contributed by atoms with E-state index in [1.54, 1.807) is 18.5 Å². The molecule has 2 heterocycles. The maximum absolute atomic E-state index is 11.5. The molecule has 1 N–H and O–H groups in total. The first-order valence-electron chi connectivity index (χ1n) is 6.52. The van der Waals surface area contributed by atoms with Crippen LogP contribution in [0.25, 0.3) is 6.08 Å². The highest BCUT2D eigenvalue weighted by molar-refractivity contribution is 5.86. The van der Waals surface area contributed by atoms with E-state index in [2.05, 4.69) is 15.2 Å². The summed E-state index contributed by atoms with van der Waals surface area (Å²) in [4.78, 5) is 17.8. The number of aromatic nitrogens is 1. The zero-order valence-electron chi connectivity index (χ0n) is 10.9. The lowest BCUT2D eigenvalue weighted by Crippen LogP contribution is -2.44. The minimum absolute atomic E-state index is 0.306. The van der Waals surface area contributed by atoms with Gasteiger partial charge in [-0.15, -0.1) is 0 Å². The molecule has 0 aromatic carbocycles. The summed E-state index contributed by atoms with van der Waals surface area (Å²) < 4.78 is 5.16. The highest BCUT2D eigenvalue weighted by Gasteiger charge is 2.09. The average molecular weight is 261 g/mol. The number of piperazine rings is 1. The third-order valence-corrected chi connectivity index (χ3v) is 2.96. The van der Waals surface area contributed by atoms with Crippen molar-refractivity contribution in [1.82, 2.24) is 15.2 Å². The molecule has 0 atom stereocenters. The van der Waals surface area contributed by atoms with Crippen LogP contribution < -0.4 is 5.32 Å². The van der Waals surface area contributed by atoms with Crippen molar-refractivity contribution in [2.75, 3.05) is 39.3 Å².